The fraction of sp³-hybridized carbons (Fsp3) is 0.600. The van der Waals surface area contributed by atoms with Crippen molar-refractivity contribution >= 4 is 5.70 Å². The number of nitrogens with one attached hydrogen (secondary N) is 1. The van der Waals surface area contributed by atoms with Crippen molar-refractivity contribution in [2.24, 2.45) is 17.2 Å². The predicted octanol–water partition coefficient (Wildman–Crippen LogP) is 1.49. The van der Waals surface area contributed by atoms with Crippen LogP contribution in [0, 0.1) is 0 Å². The Morgan fingerprint density at radius 2 is 1.79 bits per heavy atom. The molecule has 3 unspecified atom stereocenters. The van der Waals surface area contributed by atoms with Crippen molar-refractivity contribution in [3.05, 3.63) is 47.4 Å². The number of hydrogen-bond donors (Lipinski definition) is 5. The molecule has 186 valence electrons. The van der Waals surface area contributed by atoms with Crippen LogP contribution in [0.2, 0.25) is 0 Å². The molecule has 2 saturated heterocycles. The van der Waals surface area contributed by atoms with Crippen molar-refractivity contribution in [2.45, 2.75) is 51.7 Å². The van der Waals surface area contributed by atoms with Crippen LogP contribution < -0.4 is 22.5 Å². The fourth-order valence-electron chi connectivity index (χ4n) is 4.74. The van der Waals surface area contributed by atoms with E-state index < -0.39 is 0 Å². The van der Waals surface area contributed by atoms with E-state index >= 15 is 0 Å². The molecule has 0 saturated carbocycles. The maximum Gasteiger partial charge on any atom is 0.124 e. The van der Waals surface area contributed by atoms with E-state index in [1.165, 1.54) is 12.8 Å². The Kier molecular flexibility index (Phi) is 10.3. The quantitative estimate of drug-likeness (QED) is 0.352. The third-order valence-corrected chi connectivity index (χ3v) is 6.72. The number of hydrogen-bond acceptors (Lipinski definition) is 8. The molecule has 8 N–H and O–H groups in total. The second-order valence-electron chi connectivity index (χ2n) is 8.88. The number of likely N-dealkylation sites (tertiary alicyclic amines) is 1. The Morgan fingerprint density at radius 3 is 2.33 bits per heavy atom. The van der Waals surface area contributed by atoms with Gasteiger partial charge in [0.1, 0.15) is 11.6 Å². The van der Waals surface area contributed by atoms with Gasteiger partial charge in [0.2, 0.25) is 0 Å². The van der Waals surface area contributed by atoms with Gasteiger partial charge in [-0.05, 0) is 52.1 Å². The number of rotatable bonds is 9. The van der Waals surface area contributed by atoms with Gasteiger partial charge in [0.05, 0.1) is 5.70 Å². The zero-order valence-corrected chi connectivity index (χ0v) is 21.1. The molecule has 0 spiro atoms. The first-order chi connectivity index (χ1) is 15.8. The van der Waals surface area contributed by atoms with Crippen molar-refractivity contribution in [1.82, 2.24) is 20.0 Å². The first-order valence-corrected chi connectivity index (χ1v) is 12.2. The summed E-state index contributed by atoms with van der Waals surface area (Å²) in [5.74, 6) is 0.402. The maximum absolute atomic E-state index is 10.1. The normalized spacial score (nSPS) is 21.5. The molecule has 1 aromatic rings. The van der Waals surface area contributed by atoms with Crippen molar-refractivity contribution in [1.29, 1.82) is 0 Å². The number of allylic oxidation sites excluding steroid dienone is 1. The van der Waals surface area contributed by atoms with Crippen LogP contribution in [-0.2, 0) is 0 Å². The van der Waals surface area contributed by atoms with Crippen molar-refractivity contribution < 1.29 is 5.11 Å². The van der Waals surface area contributed by atoms with Gasteiger partial charge in [-0.3, -0.25) is 4.90 Å². The number of para-hydroxylation sites is 1. The Bertz CT molecular complexity index is 792. The van der Waals surface area contributed by atoms with Gasteiger partial charge in [0.25, 0.3) is 0 Å². The molecule has 3 atom stereocenters. The van der Waals surface area contributed by atoms with Gasteiger partial charge in [-0.1, -0.05) is 26.0 Å². The number of benzene rings is 1. The molecule has 2 aliphatic heterocycles. The number of nitrogens with zero attached hydrogens (tertiary/aromatic N) is 3. The summed E-state index contributed by atoms with van der Waals surface area (Å²) in [5, 5.41) is 13.4. The Hall–Kier alpha value is -2.42. The van der Waals surface area contributed by atoms with Crippen LogP contribution in [0.1, 0.15) is 39.2 Å². The third kappa shape index (κ3) is 6.79. The Labute approximate surface area is 200 Å². The lowest BCUT2D eigenvalue weighted by molar-refractivity contribution is 0.0628. The fourth-order valence-corrected chi connectivity index (χ4v) is 4.74. The van der Waals surface area contributed by atoms with E-state index in [0.29, 0.717) is 29.4 Å². The summed E-state index contributed by atoms with van der Waals surface area (Å²) in [5.41, 5.74) is 20.2. The Balaban J connectivity index is 0.00000187. The van der Waals surface area contributed by atoms with Gasteiger partial charge in [-0.15, -0.1) is 0 Å². The summed E-state index contributed by atoms with van der Waals surface area (Å²) < 4.78 is 0. The molecule has 2 heterocycles. The highest BCUT2D eigenvalue weighted by Gasteiger charge is 2.41. The molecule has 1 aromatic carbocycles. The summed E-state index contributed by atoms with van der Waals surface area (Å²) in [7, 11) is 4.19. The molecule has 2 fully saturated rings. The van der Waals surface area contributed by atoms with Crippen LogP contribution in [0.25, 0.3) is 5.70 Å². The van der Waals surface area contributed by atoms with E-state index in [2.05, 4.69) is 34.0 Å². The highest BCUT2D eigenvalue weighted by atomic mass is 16.3. The molecule has 3 rings (SSSR count). The minimum absolute atomic E-state index is 0.146. The van der Waals surface area contributed by atoms with Crippen LogP contribution in [0.3, 0.4) is 0 Å². The van der Waals surface area contributed by atoms with Gasteiger partial charge < -0.3 is 37.4 Å². The van der Waals surface area contributed by atoms with Crippen molar-refractivity contribution in [2.75, 3.05) is 46.8 Å². The van der Waals surface area contributed by atoms with E-state index in [1.807, 2.05) is 27.0 Å². The summed E-state index contributed by atoms with van der Waals surface area (Å²) >= 11 is 0. The minimum Gasteiger partial charge on any atom is -0.507 e. The van der Waals surface area contributed by atoms with E-state index in [-0.39, 0.29) is 11.6 Å². The van der Waals surface area contributed by atoms with E-state index in [0.717, 1.165) is 38.4 Å². The second kappa shape index (κ2) is 12.7. The molecule has 0 aliphatic carbocycles. The minimum atomic E-state index is 0.146. The van der Waals surface area contributed by atoms with Crippen LogP contribution in [0.4, 0.5) is 0 Å². The van der Waals surface area contributed by atoms with Crippen molar-refractivity contribution in [3.63, 3.8) is 0 Å². The number of phenolic OH excluding ortho intramolecular Hbond substituents is 1. The summed E-state index contributed by atoms with van der Waals surface area (Å²) in [6.45, 7) is 11.2. The Morgan fingerprint density at radius 1 is 1.18 bits per heavy atom. The molecule has 2 aliphatic rings. The average molecular weight is 460 g/mol. The van der Waals surface area contributed by atoms with E-state index in [4.69, 9.17) is 17.2 Å². The lowest BCUT2D eigenvalue weighted by Gasteiger charge is -2.44. The molecule has 8 nitrogen and oxygen atoms in total. The van der Waals surface area contributed by atoms with E-state index in [9.17, 15) is 5.11 Å². The lowest BCUT2D eigenvalue weighted by atomic mass is 10.1. The smallest absolute Gasteiger partial charge is 0.124 e. The molecule has 0 aromatic heterocycles. The zero-order chi connectivity index (χ0) is 24.5. The highest BCUT2D eigenvalue weighted by Crippen LogP contribution is 2.33. The molecule has 0 amide bonds. The van der Waals surface area contributed by atoms with Gasteiger partial charge in [-0.25, -0.2) is 0 Å². The molecule has 2 bridgehead atoms. The summed E-state index contributed by atoms with van der Waals surface area (Å²) in [6, 6.07) is 8.49. The lowest BCUT2D eigenvalue weighted by Crippen LogP contribution is -2.56. The highest BCUT2D eigenvalue weighted by molar-refractivity contribution is 5.69. The monoisotopic (exact) mass is 459 g/mol. The van der Waals surface area contributed by atoms with Gasteiger partial charge in [0, 0.05) is 62.1 Å². The van der Waals surface area contributed by atoms with Gasteiger partial charge in [-0.2, -0.15) is 0 Å². The van der Waals surface area contributed by atoms with Gasteiger partial charge >= 0.3 is 0 Å². The number of fused-ring (bicyclic) bond motifs is 2. The first kappa shape index (κ1) is 26.8. The van der Waals surface area contributed by atoms with Crippen LogP contribution >= 0.6 is 0 Å². The topological polar surface area (TPSA) is 120 Å². The number of piperazine rings is 1. The van der Waals surface area contributed by atoms with Gasteiger partial charge in [0.15, 0.2) is 0 Å². The van der Waals surface area contributed by atoms with Crippen LogP contribution in [-0.4, -0.2) is 84.8 Å². The maximum atomic E-state index is 10.1. The number of phenols is 1. The number of nitrogens with two attached hydrogens (primary N) is 3. The molecule has 33 heavy (non-hydrogen) atoms. The third-order valence-electron chi connectivity index (χ3n) is 6.72. The summed E-state index contributed by atoms with van der Waals surface area (Å²) in [6.07, 6.45) is 4.17. The van der Waals surface area contributed by atoms with Crippen LogP contribution in [0.15, 0.2) is 41.9 Å². The van der Waals surface area contributed by atoms with Crippen LogP contribution in [0.5, 0.6) is 5.75 Å². The summed E-state index contributed by atoms with van der Waals surface area (Å²) in [4.78, 5) is 7.34. The SMILES string of the molecule is CC.CNCCN(C)C(C)CN1C2CCC1CN(C(/C=C(\N)c1ccccc1O)=C(N)N)C2. The van der Waals surface area contributed by atoms with Crippen molar-refractivity contribution in [3.8, 4) is 5.75 Å². The average Bonchev–Trinajstić information content (AvgIpc) is 3.03. The van der Waals surface area contributed by atoms with E-state index in [1.54, 1.807) is 24.3 Å². The molecule has 8 heteroatoms. The molecule has 0 radical (unpaired) electrons. The molecular weight excluding hydrogens is 414 g/mol. The molecular formula is C25H45N7O. The standard InChI is InChI=1S/C23H39N7O.C2H6/c1-16(28(3)11-10-27-2)13-30-17-8-9-18(30)15-29(14-17)21(23(25)26)12-20(24)19-6-4-5-7-22(19)31;1-2/h4-7,12,16-18,27,31H,8-11,13-15,24-26H2,1-3H3;1-2H3/b20-12-;. The number of likely N-dealkylation sites (N-methyl/N-ethyl adjacent to an activating group) is 2. The second-order valence-corrected chi connectivity index (χ2v) is 8.88. The first-order valence-electron chi connectivity index (χ1n) is 12.2. The zero-order valence-electron chi connectivity index (χ0n) is 21.1. The predicted molar refractivity (Wildman–Crippen MR) is 138 cm³/mol. The largest absolute Gasteiger partial charge is 0.507 e. The number of aromatic hydroxyl groups is 1.